The third kappa shape index (κ3) is 2.31. The van der Waals surface area contributed by atoms with Crippen molar-refractivity contribution < 1.29 is 14.7 Å². The molecule has 0 radical (unpaired) electrons. The quantitative estimate of drug-likeness (QED) is 0.850. The van der Waals surface area contributed by atoms with Gasteiger partial charge in [0.05, 0.1) is 17.7 Å². The van der Waals surface area contributed by atoms with Crippen LogP contribution in [0.4, 0.5) is 4.79 Å². The van der Waals surface area contributed by atoms with Crippen LogP contribution in [-0.2, 0) is 6.54 Å². The number of benzene rings is 1. The van der Waals surface area contributed by atoms with Gasteiger partial charge in [0, 0.05) is 25.2 Å². The summed E-state index contributed by atoms with van der Waals surface area (Å²) in [4.78, 5) is 26.6. The predicted octanol–water partition coefficient (Wildman–Crippen LogP) is 1.66. The monoisotopic (exact) mass is 285 g/mol. The van der Waals surface area contributed by atoms with Crippen molar-refractivity contribution in [3.05, 3.63) is 34.9 Å². The van der Waals surface area contributed by atoms with Crippen LogP contribution in [-0.4, -0.2) is 46.0 Å². The molecule has 6 nitrogen and oxygen atoms in total. The zero-order valence-corrected chi connectivity index (χ0v) is 11.5. The number of hydrogen-bond donors (Lipinski definition) is 1. The second-order valence-electron chi connectivity index (χ2n) is 5.44. The van der Waals surface area contributed by atoms with Gasteiger partial charge in [-0.15, -0.1) is 0 Å². The fraction of sp³-hybridized carbons (Fsp3) is 0.400. The van der Waals surface area contributed by atoms with E-state index in [1.165, 1.54) is 4.90 Å². The molecule has 1 aromatic carbocycles. The van der Waals surface area contributed by atoms with Crippen LogP contribution in [0.25, 0.3) is 0 Å². The summed E-state index contributed by atoms with van der Waals surface area (Å²) in [7, 11) is 0. The highest BCUT2D eigenvalue weighted by Crippen LogP contribution is 2.28. The lowest BCUT2D eigenvalue weighted by molar-refractivity contribution is 0.0559. The van der Waals surface area contributed by atoms with Gasteiger partial charge >= 0.3 is 6.09 Å². The van der Waals surface area contributed by atoms with Crippen molar-refractivity contribution in [3.63, 3.8) is 0 Å². The highest BCUT2D eigenvalue weighted by atomic mass is 16.4. The van der Waals surface area contributed by atoms with Gasteiger partial charge < -0.3 is 14.9 Å². The summed E-state index contributed by atoms with van der Waals surface area (Å²) < 4.78 is 0. The van der Waals surface area contributed by atoms with Gasteiger partial charge in [0.1, 0.15) is 0 Å². The van der Waals surface area contributed by atoms with Crippen LogP contribution in [0.1, 0.15) is 34.3 Å². The van der Waals surface area contributed by atoms with Crippen LogP contribution in [0.15, 0.2) is 18.2 Å². The molecule has 1 N–H and O–H groups in total. The molecule has 6 heteroatoms. The van der Waals surface area contributed by atoms with E-state index in [0.717, 1.165) is 18.4 Å². The summed E-state index contributed by atoms with van der Waals surface area (Å²) in [6.45, 7) is 1.35. The number of fused-ring (bicyclic) bond motifs is 1. The SMILES string of the molecule is N#Cc1ccc2c(c1)CN(C1CCCN(C(=O)O)C1)C2=O. The summed E-state index contributed by atoms with van der Waals surface area (Å²) in [6.07, 6.45) is 0.644. The third-order valence-electron chi connectivity index (χ3n) is 4.17. The van der Waals surface area contributed by atoms with Gasteiger partial charge in [-0.3, -0.25) is 4.79 Å². The molecule has 21 heavy (non-hydrogen) atoms. The van der Waals surface area contributed by atoms with E-state index in [4.69, 9.17) is 10.4 Å². The molecular formula is C15H15N3O3. The Hall–Kier alpha value is -2.55. The van der Waals surface area contributed by atoms with Gasteiger partial charge in [-0.2, -0.15) is 5.26 Å². The number of amides is 2. The van der Waals surface area contributed by atoms with Crippen molar-refractivity contribution in [2.45, 2.75) is 25.4 Å². The number of piperidine rings is 1. The van der Waals surface area contributed by atoms with Crippen LogP contribution in [0.2, 0.25) is 0 Å². The number of carbonyl (C=O) groups is 2. The number of rotatable bonds is 1. The van der Waals surface area contributed by atoms with Gasteiger partial charge in [-0.1, -0.05) is 0 Å². The van der Waals surface area contributed by atoms with Crippen LogP contribution in [0.5, 0.6) is 0 Å². The van der Waals surface area contributed by atoms with E-state index >= 15 is 0 Å². The Morgan fingerprint density at radius 2 is 2.24 bits per heavy atom. The second-order valence-corrected chi connectivity index (χ2v) is 5.44. The van der Waals surface area contributed by atoms with Crippen molar-refractivity contribution in [3.8, 4) is 6.07 Å². The van der Waals surface area contributed by atoms with Crippen molar-refractivity contribution in [2.24, 2.45) is 0 Å². The average molecular weight is 285 g/mol. The average Bonchev–Trinajstić information content (AvgIpc) is 2.84. The molecule has 0 saturated carbocycles. The lowest BCUT2D eigenvalue weighted by Gasteiger charge is -2.36. The number of likely N-dealkylation sites (tertiary alicyclic amines) is 1. The molecular weight excluding hydrogens is 270 g/mol. The summed E-state index contributed by atoms with van der Waals surface area (Å²) in [6, 6.07) is 7.06. The molecule has 2 aliphatic rings. The summed E-state index contributed by atoms with van der Waals surface area (Å²) in [5, 5.41) is 18.0. The zero-order valence-electron chi connectivity index (χ0n) is 11.5. The van der Waals surface area contributed by atoms with Gasteiger partial charge in [0.15, 0.2) is 0 Å². The predicted molar refractivity (Wildman–Crippen MR) is 73.7 cm³/mol. The summed E-state index contributed by atoms with van der Waals surface area (Å²) in [5.74, 6) is -0.0632. The number of carbonyl (C=O) groups excluding carboxylic acids is 1. The summed E-state index contributed by atoms with van der Waals surface area (Å²) in [5.41, 5.74) is 2.02. The van der Waals surface area contributed by atoms with Crippen LogP contribution < -0.4 is 0 Å². The maximum Gasteiger partial charge on any atom is 0.407 e. The molecule has 2 heterocycles. The Morgan fingerprint density at radius 3 is 2.95 bits per heavy atom. The van der Waals surface area contributed by atoms with E-state index in [9.17, 15) is 9.59 Å². The van der Waals surface area contributed by atoms with Crippen LogP contribution in [0.3, 0.4) is 0 Å². The standard InChI is InChI=1S/C15H15N3O3/c16-7-10-3-4-13-11(6-10)8-18(14(13)19)12-2-1-5-17(9-12)15(20)21/h3-4,6,12H,1-2,5,8-9H2,(H,20,21). The molecule has 2 amide bonds. The number of nitrogens with zero attached hydrogens (tertiary/aromatic N) is 3. The molecule has 1 unspecified atom stereocenters. The molecule has 0 bridgehead atoms. The molecule has 2 aliphatic heterocycles. The van der Waals surface area contributed by atoms with E-state index in [2.05, 4.69) is 6.07 Å². The second kappa shape index (κ2) is 5.09. The maximum atomic E-state index is 12.4. The van der Waals surface area contributed by atoms with Gasteiger partial charge in [0.25, 0.3) is 5.91 Å². The lowest BCUT2D eigenvalue weighted by Crippen LogP contribution is -2.49. The summed E-state index contributed by atoms with van der Waals surface area (Å²) >= 11 is 0. The normalized spacial score (nSPS) is 21.1. The maximum absolute atomic E-state index is 12.4. The van der Waals surface area contributed by atoms with Crippen molar-refractivity contribution in [1.82, 2.24) is 9.80 Å². The number of nitriles is 1. The highest BCUT2D eigenvalue weighted by Gasteiger charge is 2.35. The first-order valence-corrected chi connectivity index (χ1v) is 6.92. The molecule has 1 atom stereocenters. The van der Waals surface area contributed by atoms with Crippen molar-refractivity contribution in [1.29, 1.82) is 5.26 Å². The topological polar surface area (TPSA) is 84.6 Å². The van der Waals surface area contributed by atoms with Gasteiger partial charge in [-0.25, -0.2) is 4.79 Å². The van der Waals surface area contributed by atoms with E-state index in [1.54, 1.807) is 23.1 Å². The Balaban J connectivity index is 1.81. The minimum atomic E-state index is -0.935. The first kappa shape index (κ1) is 13.4. The van der Waals surface area contributed by atoms with Gasteiger partial charge in [0.2, 0.25) is 0 Å². The molecule has 3 rings (SSSR count). The molecule has 0 spiro atoms. The van der Waals surface area contributed by atoms with Crippen molar-refractivity contribution >= 4 is 12.0 Å². The largest absolute Gasteiger partial charge is 0.465 e. The molecule has 1 aromatic rings. The molecule has 1 fully saturated rings. The molecule has 0 aliphatic carbocycles. The fourth-order valence-corrected chi connectivity index (χ4v) is 3.09. The number of carboxylic acid groups (broad SMARTS) is 1. The molecule has 108 valence electrons. The molecule has 0 aromatic heterocycles. The fourth-order valence-electron chi connectivity index (χ4n) is 3.09. The van der Waals surface area contributed by atoms with Crippen LogP contribution in [0, 0.1) is 11.3 Å². The van der Waals surface area contributed by atoms with E-state index < -0.39 is 6.09 Å². The Kier molecular flexibility index (Phi) is 3.26. The Bertz CT molecular complexity index is 650. The first-order chi connectivity index (χ1) is 10.1. The minimum Gasteiger partial charge on any atom is -0.465 e. The molecule has 1 saturated heterocycles. The van der Waals surface area contributed by atoms with Crippen molar-refractivity contribution in [2.75, 3.05) is 13.1 Å². The van der Waals surface area contributed by atoms with E-state index in [0.29, 0.717) is 30.8 Å². The van der Waals surface area contributed by atoms with Crippen LogP contribution >= 0.6 is 0 Å². The lowest BCUT2D eigenvalue weighted by atomic mass is 10.0. The Labute approximate surface area is 122 Å². The third-order valence-corrected chi connectivity index (χ3v) is 4.17. The Morgan fingerprint density at radius 1 is 1.43 bits per heavy atom. The zero-order chi connectivity index (χ0) is 15.0. The highest BCUT2D eigenvalue weighted by molar-refractivity contribution is 5.98. The minimum absolute atomic E-state index is 0.0632. The van der Waals surface area contributed by atoms with Gasteiger partial charge in [-0.05, 0) is 36.6 Å². The smallest absolute Gasteiger partial charge is 0.407 e. The first-order valence-electron chi connectivity index (χ1n) is 6.92. The number of hydrogen-bond acceptors (Lipinski definition) is 3. The van der Waals surface area contributed by atoms with E-state index in [-0.39, 0.29) is 11.9 Å². The van der Waals surface area contributed by atoms with E-state index in [1.807, 2.05) is 0 Å².